The Kier molecular flexibility index (Phi) is 3.43. The van der Waals surface area contributed by atoms with Crippen LogP contribution in [0.5, 0.6) is 0 Å². The molecule has 1 heterocycles. The summed E-state index contributed by atoms with van der Waals surface area (Å²) in [6.07, 6.45) is -3.65. The minimum Gasteiger partial charge on any atom is -0.241 e. The zero-order valence-corrected chi connectivity index (χ0v) is 10.5. The Labute approximate surface area is 107 Å². The molecule has 2 rings (SSSR count). The predicted molar refractivity (Wildman–Crippen MR) is 66.4 cm³/mol. The minimum atomic E-state index is -4.30. The third-order valence-corrected chi connectivity index (χ3v) is 3.85. The Balaban J connectivity index is 2.34. The maximum atomic E-state index is 12.4. The van der Waals surface area contributed by atoms with Crippen molar-refractivity contribution in [2.75, 3.05) is 0 Å². The fourth-order valence-electron chi connectivity index (χ4n) is 1.59. The number of alkyl halides is 3. The first-order valence-corrected chi connectivity index (χ1v) is 6.16. The molecule has 0 amide bonds. The molecular formula is C13H11F3NS. The summed E-state index contributed by atoms with van der Waals surface area (Å²) in [7, 11) is 0. The summed E-state index contributed by atoms with van der Waals surface area (Å²) in [5, 5.41) is 0.736. The van der Waals surface area contributed by atoms with Crippen molar-refractivity contribution in [3.05, 3.63) is 47.3 Å². The van der Waals surface area contributed by atoms with Gasteiger partial charge in [0.15, 0.2) is 0 Å². The van der Waals surface area contributed by atoms with E-state index >= 15 is 0 Å². The molecule has 0 aliphatic heterocycles. The molecule has 0 saturated carbocycles. The fraction of sp³-hybridized carbons (Fsp3) is 0.231. The quantitative estimate of drug-likeness (QED) is 0.782. The molecule has 0 fully saturated rings. The largest absolute Gasteiger partial charge is 0.416 e. The van der Waals surface area contributed by atoms with Crippen molar-refractivity contribution in [1.29, 1.82) is 0 Å². The lowest BCUT2D eigenvalue weighted by atomic mass is 10.1. The number of rotatable bonds is 2. The SMILES string of the molecule is [CH2]Cc1sc(-c2ccc(C(F)(F)F)cc2)nc1C. The van der Waals surface area contributed by atoms with Crippen LogP contribution in [0.1, 0.15) is 16.1 Å². The first kappa shape index (κ1) is 13.1. The Morgan fingerprint density at radius 3 is 2.28 bits per heavy atom. The van der Waals surface area contributed by atoms with Crippen LogP contribution in [0.3, 0.4) is 0 Å². The van der Waals surface area contributed by atoms with Gasteiger partial charge in [-0.3, -0.25) is 0 Å². The van der Waals surface area contributed by atoms with Gasteiger partial charge in [-0.05, 0) is 32.4 Å². The van der Waals surface area contributed by atoms with Gasteiger partial charge in [-0.25, -0.2) is 4.98 Å². The molecule has 1 aromatic heterocycles. The number of benzene rings is 1. The number of hydrogen-bond donors (Lipinski definition) is 0. The highest BCUT2D eigenvalue weighted by Crippen LogP contribution is 2.32. The van der Waals surface area contributed by atoms with E-state index in [0.717, 1.165) is 27.7 Å². The monoisotopic (exact) mass is 270 g/mol. The zero-order chi connectivity index (χ0) is 13.3. The van der Waals surface area contributed by atoms with Crippen LogP contribution in [0.4, 0.5) is 13.2 Å². The molecule has 0 aliphatic rings. The maximum Gasteiger partial charge on any atom is 0.416 e. The summed E-state index contributed by atoms with van der Waals surface area (Å²) >= 11 is 1.47. The molecule has 0 bridgehead atoms. The van der Waals surface area contributed by atoms with Crippen LogP contribution < -0.4 is 0 Å². The number of aromatic nitrogens is 1. The van der Waals surface area contributed by atoms with E-state index in [4.69, 9.17) is 0 Å². The molecular weight excluding hydrogens is 259 g/mol. The van der Waals surface area contributed by atoms with Crippen molar-refractivity contribution in [2.45, 2.75) is 19.5 Å². The molecule has 0 N–H and O–H groups in total. The highest BCUT2D eigenvalue weighted by molar-refractivity contribution is 7.15. The van der Waals surface area contributed by atoms with Crippen LogP contribution in [0, 0.1) is 13.8 Å². The van der Waals surface area contributed by atoms with Gasteiger partial charge in [-0.2, -0.15) is 13.2 Å². The van der Waals surface area contributed by atoms with E-state index in [1.807, 2.05) is 6.92 Å². The predicted octanol–water partition coefficient (Wildman–Crippen LogP) is 4.51. The van der Waals surface area contributed by atoms with Crippen molar-refractivity contribution in [3.63, 3.8) is 0 Å². The third kappa shape index (κ3) is 2.56. The summed E-state index contributed by atoms with van der Waals surface area (Å²) in [6.45, 7) is 5.67. The van der Waals surface area contributed by atoms with E-state index in [9.17, 15) is 13.2 Å². The molecule has 1 radical (unpaired) electrons. The molecule has 0 unspecified atom stereocenters. The van der Waals surface area contributed by atoms with Crippen LogP contribution in [0.2, 0.25) is 0 Å². The van der Waals surface area contributed by atoms with E-state index < -0.39 is 11.7 Å². The first-order chi connectivity index (χ1) is 8.41. The second kappa shape index (κ2) is 4.72. The highest BCUT2D eigenvalue weighted by atomic mass is 32.1. The second-order valence-electron chi connectivity index (χ2n) is 3.85. The molecule has 2 aromatic rings. The molecule has 5 heteroatoms. The molecule has 18 heavy (non-hydrogen) atoms. The summed E-state index contributed by atoms with van der Waals surface area (Å²) in [6, 6.07) is 5.06. The van der Waals surface area contributed by atoms with E-state index in [1.54, 1.807) is 0 Å². The average Bonchev–Trinajstić information content (AvgIpc) is 2.69. The van der Waals surface area contributed by atoms with Crippen molar-refractivity contribution in [3.8, 4) is 10.6 Å². The molecule has 0 spiro atoms. The van der Waals surface area contributed by atoms with Gasteiger partial charge < -0.3 is 0 Å². The zero-order valence-electron chi connectivity index (χ0n) is 9.71. The smallest absolute Gasteiger partial charge is 0.241 e. The van der Waals surface area contributed by atoms with Crippen LogP contribution in [-0.4, -0.2) is 4.98 Å². The van der Waals surface area contributed by atoms with Crippen LogP contribution in [0.25, 0.3) is 10.6 Å². The van der Waals surface area contributed by atoms with Crippen LogP contribution >= 0.6 is 11.3 Å². The number of thiazole rings is 1. The van der Waals surface area contributed by atoms with Gasteiger partial charge in [0.05, 0.1) is 11.3 Å². The Morgan fingerprint density at radius 1 is 1.22 bits per heavy atom. The number of halogens is 3. The Bertz CT molecular complexity index is 540. The maximum absolute atomic E-state index is 12.4. The molecule has 1 aromatic carbocycles. The molecule has 95 valence electrons. The third-order valence-electron chi connectivity index (χ3n) is 2.58. The van der Waals surface area contributed by atoms with Crippen molar-refractivity contribution in [1.82, 2.24) is 4.98 Å². The van der Waals surface area contributed by atoms with Gasteiger partial charge in [0.1, 0.15) is 5.01 Å². The Hall–Kier alpha value is -1.36. The summed E-state index contributed by atoms with van der Waals surface area (Å²) in [4.78, 5) is 5.40. The van der Waals surface area contributed by atoms with Gasteiger partial charge in [-0.1, -0.05) is 12.1 Å². The molecule has 1 nitrogen and oxygen atoms in total. The van der Waals surface area contributed by atoms with Crippen LogP contribution in [-0.2, 0) is 12.6 Å². The Morgan fingerprint density at radius 2 is 1.83 bits per heavy atom. The van der Waals surface area contributed by atoms with Gasteiger partial charge in [0, 0.05) is 10.4 Å². The number of nitrogens with zero attached hydrogens (tertiary/aromatic N) is 1. The van der Waals surface area contributed by atoms with Gasteiger partial charge >= 0.3 is 6.18 Å². The normalized spacial score (nSPS) is 11.8. The summed E-state index contributed by atoms with van der Waals surface area (Å²) in [5.74, 6) is 0. The summed E-state index contributed by atoms with van der Waals surface area (Å²) < 4.78 is 37.3. The fourth-order valence-corrected chi connectivity index (χ4v) is 2.55. The van der Waals surface area contributed by atoms with Gasteiger partial charge in [0.25, 0.3) is 0 Å². The molecule has 0 atom stereocenters. The topological polar surface area (TPSA) is 12.9 Å². The summed E-state index contributed by atoms with van der Waals surface area (Å²) in [5.41, 5.74) is 0.956. The second-order valence-corrected chi connectivity index (χ2v) is 4.94. The first-order valence-electron chi connectivity index (χ1n) is 5.35. The molecule has 0 saturated heterocycles. The van der Waals surface area contributed by atoms with E-state index in [2.05, 4.69) is 11.9 Å². The van der Waals surface area contributed by atoms with Crippen molar-refractivity contribution in [2.24, 2.45) is 0 Å². The standard InChI is InChI=1S/C13H11F3NS/c1-3-11-8(2)17-12(18-11)9-4-6-10(7-5-9)13(14,15)16/h4-7H,1,3H2,2H3. The van der Waals surface area contributed by atoms with E-state index in [1.165, 1.54) is 23.5 Å². The number of hydrogen-bond acceptors (Lipinski definition) is 2. The van der Waals surface area contributed by atoms with E-state index in [0.29, 0.717) is 12.0 Å². The lowest BCUT2D eigenvalue weighted by molar-refractivity contribution is -0.137. The minimum absolute atomic E-state index is 0.642. The average molecular weight is 270 g/mol. The van der Waals surface area contributed by atoms with Crippen molar-refractivity contribution < 1.29 is 13.2 Å². The van der Waals surface area contributed by atoms with Crippen LogP contribution in [0.15, 0.2) is 24.3 Å². The van der Waals surface area contributed by atoms with Gasteiger partial charge in [-0.15, -0.1) is 11.3 Å². The lowest BCUT2D eigenvalue weighted by Crippen LogP contribution is -2.03. The van der Waals surface area contributed by atoms with E-state index in [-0.39, 0.29) is 0 Å². The van der Waals surface area contributed by atoms with Crippen molar-refractivity contribution >= 4 is 11.3 Å². The van der Waals surface area contributed by atoms with Gasteiger partial charge in [0.2, 0.25) is 0 Å². The lowest BCUT2D eigenvalue weighted by Gasteiger charge is -2.06. The molecule has 0 aliphatic carbocycles. The number of aryl methyl sites for hydroxylation is 1. The highest BCUT2D eigenvalue weighted by Gasteiger charge is 2.30.